The van der Waals surface area contributed by atoms with Crippen molar-refractivity contribution in [3.63, 3.8) is 0 Å². The quantitative estimate of drug-likeness (QED) is 0.517. The molecule has 138 valence electrons. The predicted octanol–water partition coefficient (Wildman–Crippen LogP) is 4.47. The topological polar surface area (TPSA) is 85.6 Å². The van der Waals surface area contributed by atoms with Crippen molar-refractivity contribution in [3.8, 4) is 0 Å². The van der Waals surface area contributed by atoms with E-state index in [1.807, 2.05) is 0 Å². The Balaban J connectivity index is 1.70. The van der Waals surface area contributed by atoms with Crippen LogP contribution in [0, 0.1) is 0 Å². The largest absolute Gasteiger partial charge is 0.449 e. The van der Waals surface area contributed by atoms with E-state index < -0.39 is 18.0 Å². The maximum absolute atomic E-state index is 12.3. The second-order valence-electron chi connectivity index (χ2n) is 5.93. The molecule has 27 heavy (non-hydrogen) atoms. The summed E-state index contributed by atoms with van der Waals surface area (Å²) in [4.78, 5) is 36.2. The number of Topliss-reactive ketones (excluding diaryl/α,β-unsaturated/α-hetero) is 1. The van der Waals surface area contributed by atoms with Gasteiger partial charge in [-0.25, -0.2) is 4.79 Å². The van der Waals surface area contributed by atoms with Crippen LogP contribution in [0.25, 0.3) is 11.0 Å². The molecule has 0 bridgehead atoms. The lowest BCUT2D eigenvalue weighted by Crippen LogP contribution is -2.30. The molecule has 0 aliphatic heterocycles. The lowest BCUT2D eigenvalue weighted by atomic mass is 10.1. The number of carbonyl (C=O) groups excluding carboxylic acids is 3. The monoisotopic (exact) mass is 385 g/mol. The number of nitrogens with one attached hydrogen (secondary N) is 1. The van der Waals surface area contributed by atoms with Gasteiger partial charge in [0.1, 0.15) is 5.58 Å². The van der Waals surface area contributed by atoms with Crippen molar-refractivity contribution >= 4 is 45.9 Å². The van der Waals surface area contributed by atoms with Crippen LogP contribution in [0.2, 0.25) is 5.02 Å². The number of para-hydroxylation sites is 1. The summed E-state index contributed by atoms with van der Waals surface area (Å²) in [6, 6.07) is 13.0. The molecular formula is C20H16ClNO5. The molecule has 0 aliphatic carbocycles. The van der Waals surface area contributed by atoms with Crippen LogP contribution in [0.3, 0.4) is 0 Å². The molecule has 1 heterocycles. The van der Waals surface area contributed by atoms with Gasteiger partial charge in [0.05, 0.1) is 5.69 Å². The summed E-state index contributed by atoms with van der Waals surface area (Å²) in [5.74, 6) is -1.55. The zero-order valence-corrected chi connectivity index (χ0v) is 15.4. The normalized spacial score (nSPS) is 11.8. The third-order valence-electron chi connectivity index (χ3n) is 3.90. The average Bonchev–Trinajstić information content (AvgIpc) is 3.05. The number of rotatable bonds is 5. The van der Waals surface area contributed by atoms with E-state index in [1.54, 1.807) is 42.5 Å². The number of hydrogen-bond acceptors (Lipinski definition) is 5. The molecule has 1 N–H and O–H groups in total. The van der Waals surface area contributed by atoms with Crippen LogP contribution in [-0.4, -0.2) is 23.8 Å². The maximum atomic E-state index is 12.3. The molecular weight excluding hydrogens is 370 g/mol. The van der Waals surface area contributed by atoms with E-state index in [4.69, 9.17) is 20.8 Å². The van der Waals surface area contributed by atoms with Crippen molar-refractivity contribution in [2.24, 2.45) is 0 Å². The van der Waals surface area contributed by atoms with Crippen molar-refractivity contribution in [1.29, 1.82) is 0 Å². The van der Waals surface area contributed by atoms with Crippen LogP contribution >= 0.6 is 11.6 Å². The summed E-state index contributed by atoms with van der Waals surface area (Å²) in [5.41, 5.74) is 1.22. The van der Waals surface area contributed by atoms with Gasteiger partial charge in [-0.1, -0.05) is 23.7 Å². The number of hydrogen-bond donors (Lipinski definition) is 1. The van der Waals surface area contributed by atoms with Gasteiger partial charge in [0.15, 0.2) is 11.9 Å². The summed E-state index contributed by atoms with van der Waals surface area (Å²) in [7, 11) is 0. The van der Waals surface area contributed by atoms with Crippen LogP contribution < -0.4 is 5.32 Å². The van der Waals surface area contributed by atoms with Gasteiger partial charge in [0, 0.05) is 16.0 Å². The summed E-state index contributed by atoms with van der Waals surface area (Å²) < 4.78 is 10.6. The summed E-state index contributed by atoms with van der Waals surface area (Å²) in [6.45, 7) is 2.84. The Kier molecular flexibility index (Phi) is 5.28. The van der Waals surface area contributed by atoms with Gasteiger partial charge in [-0.2, -0.15) is 0 Å². The zero-order valence-electron chi connectivity index (χ0n) is 14.6. The number of halogens is 1. The minimum absolute atomic E-state index is 0.0314. The summed E-state index contributed by atoms with van der Waals surface area (Å²) in [6.07, 6.45) is -1.09. The van der Waals surface area contributed by atoms with E-state index in [1.165, 1.54) is 19.9 Å². The number of amides is 1. The van der Waals surface area contributed by atoms with Crippen LogP contribution in [0.5, 0.6) is 0 Å². The fourth-order valence-corrected chi connectivity index (χ4v) is 2.70. The molecule has 1 atom stereocenters. The molecule has 0 aliphatic rings. The minimum Gasteiger partial charge on any atom is -0.449 e. The molecule has 0 unspecified atom stereocenters. The fourth-order valence-electron chi connectivity index (χ4n) is 2.52. The number of fused-ring (bicyclic) bond motifs is 1. The van der Waals surface area contributed by atoms with E-state index in [0.717, 1.165) is 0 Å². The van der Waals surface area contributed by atoms with Crippen LogP contribution in [0.1, 0.15) is 34.8 Å². The van der Waals surface area contributed by atoms with E-state index in [-0.39, 0.29) is 11.5 Å². The highest BCUT2D eigenvalue weighted by atomic mass is 35.5. The van der Waals surface area contributed by atoms with Crippen LogP contribution in [0.4, 0.5) is 5.69 Å². The molecule has 1 aromatic heterocycles. The lowest BCUT2D eigenvalue weighted by molar-refractivity contribution is -0.123. The fraction of sp³-hybridized carbons (Fsp3) is 0.150. The molecule has 0 fully saturated rings. The first-order valence-corrected chi connectivity index (χ1v) is 8.54. The molecule has 3 aromatic rings. The first kappa shape index (κ1) is 18.7. The molecule has 0 spiro atoms. The summed E-state index contributed by atoms with van der Waals surface area (Å²) >= 11 is 5.91. The maximum Gasteiger partial charge on any atom is 0.375 e. The zero-order chi connectivity index (χ0) is 19.6. The minimum atomic E-state index is -1.09. The lowest BCUT2D eigenvalue weighted by Gasteiger charge is -2.14. The van der Waals surface area contributed by atoms with Crippen LogP contribution in [0.15, 0.2) is 52.9 Å². The Morgan fingerprint density at radius 3 is 2.59 bits per heavy atom. The van der Waals surface area contributed by atoms with Gasteiger partial charge in [0.25, 0.3) is 5.91 Å². The molecule has 7 heteroatoms. The number of anilines is 1. The Hall–Kier alpha value is -3.12. The second-order valence-corrected chi connectivity index (χ2v) is 6.37. The predicted molar refractivity (Wildman–Crippen MR) is 101 cm³/mol. The highest BCUT2D eigenvalue weighted by Crippen LogP contribution is 2.24. The molecule has 6 nitrogen and oxygen atoms in total. The van der Waals surface area contributed by atoms with Crippen molar-refractivity contribution in [2.45, 2.75) is 20.0 Å². The highest BCUT2D eigenvalue weighted by Gasteiger charge is 2.22. The number of ketones is 1. The van der Waals surface area contributed by atoms with Crippen LogP contribution in [-0.2, 0) is 9.53 Å². The SMILES string of the molecule is CC(=O)c1ccccc1NC(=O)[C@H](C)OC(=O)c1cc2cc(Cl)ccc2o1. The average molecular weight is 386 g/mol. The molecule has 0 saturated carbocycles. The Labute approximate surface area is 160 Å². The van der Waals surface area contributed by atoms with E-state index in [0.29, 0.717) is 27.2 Å². The number of furan rings is 1. The van der Waals surface area contributed by atoms with Crippen molar-refractivity contribution in [2.75, 3.05) is 5.32 Å². The molecule has 0 saturated heterocycles. The smallest absolute Gasteiger partial charge is 0.375 e. The van der Waals surface area contributed by atoms with E-state index in [9.17, 15) is 14.4 Å². The first-order valence-electron chi connectivity index (χ1n) is 8.16. The Morgan fingerprint density at radius 2 is 1.85 bits per heavy atom. The molecule has 1 amide bonds. The number of carbonyl (C=O) groups is 3. The van der Waals surface area contributed by atoms with Gasteiger partial charge in [-0.05, 0) is 50.2 Å². The Bertz CT molecular complexity index is 1040. The van der Waals surface area contributed by atoms with Gasteiger partial charge in [-0.3, -0.25) is 9.59 Å². The number of benzene rings is 2. The third-order valence-corrected chi connectivity index (χ3v) is 4.13. The first-order chi connectivity index (χ1) is 12.8. The van der Waals surface area contributed by atoms with Gasteiger partial charge in [-0.15, -0.1) is 0 Å². The third kappa shape index (κ3) is 4.17. The van der Waals surface area contributed by atoms with Gasteiger partial charge >= 0.3 is 5.97 Å². The van der Waals surface area contributed by atoms with Crippen molar-refractivity contribution < 1.29 is 23.5 Å². The van der Waals surface area contributed by atoms with Gasteiger partial charge < -0.3 is 14.5 Å². The molecule has 3 rings (SSSR count). The van der Waals surface area contributed by atoms with E-state index >= 15 is 0 Å². The Morgan fingerprint density at radius 1 is 1.11 bits per heavy atom. The number of esters is 1. The molecule has 0 radical (unpaired) electrons. The molecule has 2 aromatic carbocycles. The van der Waals surface area contributed by atoms with Crippen molar-refractivity contribution in [1.82, 2.24) is 0 Å². The highest BCUT2D eigenvalue weighted by molar-refractivity contribution is 6.31. The van der Waals surface area contributed by atoms with E-state index in [2.05, 4.69) is 5.32 Å². The standard InChI is InChI=1S/C20H16ClNO5/c1-11(23)15-5-3-4-6-16(15)22-19(24)12(2)26-20(25)18-10-13-9-14(21)7-8-17(13)27-18/h3-10,12H,1-2H3,(H,22,24)/t12-/m0/s1. The van der Waals surface area contributed by atoms with Crippen molar-refractivity contribution in [3.05, 3.63) is 64.9 Å². The number of ether oxygens (including phenoxy) is 1. The summed E-state index contributed by atoms with van der Waals surface area (Å²) in [5, 5.41) is 3.77. The second kappa shape index (κ2) is 7.63. The van der Waals surface area contributed by atoms with Gasteiger partial charge in [0.2, 0.25) is 5.76 Å².